The molecule has 10 nitrogen and oxygen atoms in total. The number of terminal acetylenes is 1. The molecular weight excluding hydrogens is 510 g/mol. The molecule has 5 N–H and O–H groups in total. The number of carbonyl (C=O) groups excluding carboxylic acids is 5. The lowest BCUT2D eigenvalue weighted by atomic mass is 9.80. The van der Waals surface area contributed by atoms with Gasteiger partial charge in [0.15, 0.2) is 0 Å². The topological polar surface area (TPSA) is 151 Å². The molecule has 3 rings (SSSR count). The molecule has 2 aliphatic carbocycles. The van der Waals surface area contributed by atoms with E-state index in [0.29, 0.717) is 37.6 Å². The number of primary amides is 1. The molecule has 0 aromatic carbocycles. The Morgan fingerprint density at radius 3 is 2.00 bits per heavy atom. The summed E-state index contributed by atoms with van der Waals surface area (Å²) < 4.78 is 0. The molecule has 1 heterocycles. The van der Waals surface area contributed by atoms with E-state index < -0.39 is 29.8 Å². The molecule has 10 heteroatoms. The molecule has 3 fully saturated rings. The van der Waals surface area contributed by atoms with Crippen molar-refractivity contribution in [1.82, 2.24) is 20.9 Å². The summed E-state index contributed by atoms with van der Waals surface area (Å²) in [4.78, 5) is 60.2. The van der Waals surface area contributed by atoms with Crippen LogP contribution in [0.2, 0.25) is 0 Å². The molecule has 1 saturated heterocycles. The Bertz CT molecular complexity index is 884. The summed E-state index contributed by atoms with van der Waals surface area (Å²) in [5.41, 5.74) is 4.87. The maximum absolute atomic E-state index is 13.0. The van der Waals surface area contributed by atoms with E-state index in [2.05, 4.69) is 21.9 Å². The first kappa shape index (κ1) is 35.1. The van der Waals surface area contributed by atoms with Crippen LogP contribution < -0.4 is 21.7 Å². The van der Waals surface area contributed by atoms with Crippen molar-refractivity contribution in [2.24, 2.45) is 23.0 Å². The first-order valence-corrected chi connectivity index (χ1v) is 14.6. The molecule has 0 spiro atoms. The average Bonchev–Trinajstić information content (AvgIpc) is 3.40. The Balaban J connectivity index is 0.000000550. The largest absolute Gasteiger partial charge is 0.363 e. The number of carbonyl (C=O) groups is 5. The van der Waals surface area contributed by atoms with Gasteiger partial charge >= 0.3 is 0 Å². The highest BCUT2D eigenvalue weighted by atomic mass is 16.2. The summed E-state index contributed by atoms with van der Waals surface area (Å²) >= 11 is 0. The number of nitrogens with zero attached hydrogens (tertiary/aromatic N) is 1. The molecule has 40 heavy (non-hydrogen) atoms. The van der Waals surface area contributed by atoms with Gasteiger partial charge in [0, 0.05) is 19.5 Å². The zero-order chi connectivity index (χ0) is 30.3. The van der Waals surface area contributed by atoms with Crippen molar-refractivity contribution in [3.63, 3.8) is 0 Å². The molecule has 2 saturated carbocycles. The molecule has 0 radical (unpaired) electrons. The van der Waals surface area contributed by atoms with E-state index in [-0.39, 0.29) is 17.2 Å². The van der Waals surface area contributed by atoms with E-state index in [1.165, 1.54) is 32.1 Å². The fraction of sp³-hybridized carbons (Fsp3) is 0.767. The van der Waals surface area contributed by atoms with Crippen molar-refractivity contribution in [2.75, 3.05) is 20.6 Å². The number of nitrogens with one attached hydrogen (secondary N) is 3. The molecule has 3 aliphatic rings. The van der Waals surface area contributed by atoms with E-state index in [9.17, 15) is 19.2 Å². The number of rotatable bonds is 9. The molecule has 1 aliphatic heterocycles. The standard InChI is InChI=1S/C20H34N4O4.C8H12.C2H5NO/c1-20(2,3)16(22-4)19(28)24-10-6-9-14(24)18(27)23-13(15(25)17(21)26)11-12-7-5-8-12;1-2-8-6-4-3-5-7-8;1-3-2-4/h12-14,16,22H,5-11H2,1-4H3,(H2,21,26)(H,23,27);1,8H,3-7H2;2H,1H3,(H,3,4). The van der Waals surface area contributed by atoms with E-state index in [0.717, 1.165) is 25.7 Å². The van der Waals surface area contributed by atoms with E-state index >= 15 is 0 Å². The van der Waals surface area contributed by atoms with Crippen molar-refractivity contribution in [3.05, 3.63) is 0 Å². The third kappa shape index (κ3) is 11.3. The van der Waals surface area contributed by atoms with Gasteiger partial charge in [-0.3, -0.25) is 24.0 Å². The number of hydrogen-bond acceptors (Lipinski definition) is 6. The van der Waals surface area contributed by atoms with Crippen LogP contribution in [0.25, 0.3) is 0 Å². The lowest BCUT2D eigenvalue weighted by Gasteiger charge is -2.35. The van der Waals surface area contributed by atoms with Gasteiger partial charge in [0.05, 0.1) is 12.1 Å². The van der Waals surface area contributed by atoms with Gasteiger partial charge in [-0.25, -0.2) is 0 Å². The summed E-state index contributed by atoms with van der Waals surface area (Å²) in [6, 6.07) is -1.95. The zero-order valence-electron chi connectivity index (χ0n) is 25.1. The SMILES string of the molecule is C#CC1CCCCC1.CNC(C(=O)N1CCCC1C(=O)NC(CC1CCC1)C(=O)C(N)=O)C(C)(C)C.CNC=O. The van der Waals surface area contributed by atoms with Crippen molar-refractivity contribution < 1.29 is 24.0 Å². The quantitative estimate of drug-likeness (QED) is 0.192. The highest BCUT2D eigenvalue weighted by Crippen LogP contribution is 2.31. The predicted molar refractivity (Wildman–Crippen MR) is 156 cm³/mol. The lowest BCUT2D eigenvalue weighted by molar-refractivity contribution is -0.143. The van der Waals surface area contributed by atoms with Crippen molar-refractivity contribution in [2.45, 2.75) is 110 Å². The van der Waals surface area contributed by atoms with Crippen LogP contribution in [0, 0.1) is 29.6 Å². The minimum absolute atomic E-state index is 0.121. The molecule has 0 aromatic rings. The van der Waals surface area contributed by atoms with Gasteiger partial charge in [-0.15, -0.1) is 12.3 Å². The first-order chi connectivity index (χ1) is 18.9. The van der Waals surface area contributed by atoms with Crippen LogP contribution in [0.1, 0.15) is 91.4 Å². The lowest BCUT2D eigenvalue weighted by Crippen LogP contribution is -2.57. The minimum Gasteiger partial charge on any atom is -0.363 e. The number of Topliss-reactive ketones (excluding diaryl/α,β-unsaturated/α-hetero) is 1. The molecule has 3 unspecified atom stereocenters. The van der Waals surface area contributed by atoms with E-state index in [4.69, 9.17) is 17.0 Å². The minimum atomic E-state index is -1.04. The fourth-order valence-corrected chi connectivity index (χ4v) is 5.40. The third-order valence-electron chi connectivity index (χ3n) is 7.87. The van der Waals surface area contributed by atoms with Gasteiger partial charge < -0.3 is 26.6 Å². The molecule has 4 amide bonds. The second-order valence-corrected chi connectivity index (χ2v) is 12.0. The highest BCUT2D eigenvalue weighted by Gasteiger charge is 2.41. The summed E-state index contributed by atoms with van der Waals surface area (Å²) in [6.07, 6.45) is 17.3. The van der Waals surface area contributed by atoms with Crippen LogP contribution in [0.5, 0.6) is 0 Å². The van der Waals surface area contributed by atoms with E-state index in [1.54, 1.807) is 19.0 Å². The monoisotopic (exact) mass is 561 g/mol. The van der Waals surface area contributed by atoms with Crippen LogP contribution in [0.15, 0.2) is 0 Å². The maximum atomic E-state index is 13.0. The number of ketones is 1. The Hall–Kier alpha value is -2.93. The molecule has 226 valence electrons. The fourth-order valence-electron chi connectivity index (χ4n) is 5.40. The second kappa shape index (κ2) is 17.7. The van der Waals surface area contributed by atoms with Gasteiger partial charge in [0.1, 0.15) is 6.04 Å². The van der Waals surface area contributed by atoms with Crippen LogP contribution >= 0.6 is 0 Å². The zero-order valence-corrected chi connectivity index (χ0v) is 25.1. The summed E-state index contributed by atoms with van der Waals surface area (Å²) in [6.45, 7) is 6.41. The molecule has 3 atom stereocenters. The van der Waals surface area contributed by atoms with Gasteiger partial charge in [0.25, 0.3) is 5.91 Å². The second-order valence-electron chi connectivity index (χ2n) is 12.0. The number of hydrogen-bond donors (Lipinski definition) is 4. The van der Waals surface area contributed by atoms with Crippen molar-refractivity contribution >= 4 is 29.9 Å². The Morgan fingerprint density at radius 1 is 1.00 bits per heavy atom. The Labute approximate surface area is 240 Å². The molecular formula is C30H51N5O5. The number of likely N-dealkylation sites (N-methyl/N-ethyl adjacent to an activating group) is 1. The van der Waals surface area contributed by atoms with Crippen molar-refractivity contribution in [1.29, 1.82) is 0 Å². The molecule has 0 bridgehead atoms. The molecule has 0 aromatic heterocycles. The number of nitrogens with two attached hydrogens (primary N) is 1. The van der Waals surface area contributed by atoms with Gasteiger partial charge in [0.2, 0.25) is 24.0 Å². The van der Waals surface area contributed by atoms with Gasteiger partial charge in [-0.2, -0.15) is 0 Å². The maximum Gasteiger partial charge on any atom is 0.287 e. The van der Waals surface area contributed by atoms with Crippen LogP contribution in [0.4, 0.5) is 0 Å². The Morgan fingerprint density at radius 2 is 1.60 bits per heavy atom. The smallest absolute Gasteiger partial charge is 0.287 e. The summed E-state index contributed by atoms with van der Waals surface area (Å²) in [5, 5.41) is 8.02. The normalized spacial score (nSPS) is 20.6. The van der Waals surface area contributed by atoms with E-state index in [1.807, 2.05) is 20.8 Å². The number of amides is 4. The number of likely N-dealkylation sites (tertiary alicyclic amines) is 1. The predicted octanol–water partition coefficient (Wildman–Crippen LogP) is 1.90. The van der Waals surface area contributed by atoms with Crippen LogP contribution in [0.3, 0.4) is 0 Å². The highest BCUT2D eigenvalue weighted by molar-refractivity contribution is 6.37. The van der Waals surface area contributed by atoms with Crippen LogP contribution in [-0.2, 0) is 24.0 Å². The third-order valence-corrected chi connectivity index (χ3v) is 7.87. The summed E-state index contributed by atoms with van der Waals surface area (Å²) in [5.74, 6) is 1.44. The Kier molecular flexibility index (Phi) is 15.5. The average molecular weight is 562 g/mol. The van der Waals surface area contributed by atoms with Crippen molar-refractivity contribution in [3.8, 4) is 12.3 Å². The summed E-state index contributed by atoms with van der Waals surface area (Å²) in [7, 11) is 3.30. The van der Waals surface area contributed by atoms with Gasteiger partial charge in [-0.05, 0) is 50.5 Å². The first-order valence-electron chi connectivity index (χ1n) is 14.6. The van der Waals surface area contributed by atoms with Crippen LogP contribution in [-0.4, -0.2) is 73.6 Å². The van der Waals surface area contributed by atoms with Gasteiger partial charge in [-0.1, -0.05) is 59.3 Å².